The molecule has 1 aromatic heterocycles. The molecule has 0 fully saturated rings. The van der Waals surface area contributed by atoms with Crippen LogP contribution in [0.15, 0.2) is 42.5 Å². The van der Waals surface area contributed by atoms with E-state index in [9.17, 15) is 9.36 Å². The van der Waals surface area contributed by atoms with Gasteiger partial charge >= 0.3 is 13.8 Å². The summed E-state index contributed by atoms with van der Waals surface area (Å²) in [5.41, 5.74) is 1.66. The maximum Gasteiger partial charge on any atom is 0.527 e. The Kier molecular flexibility index (Phi) is 6.46. The highest BCUT2D eigenvalue weighted by molar-refractivity contribution is 7.46. The van der Waals surface area contributed by atoms with E-state index >= 15 is 0 Å². The number of fused-ring (bicyclic) bond motifs is 1. The van der Waals surface area contributed by atoms with Crippen LogP contribution < -0.4 is 4.74 Å². The van der Waals surface area contributed by atoms with Crippen LogP contribution in [0.2, 0.25) is 0 Å². The molecular formula is C19H19N2O7P. The quantitative estimate of drug-likeness (QED) is 0.376. The number of phosphoric ester groups is 1. The third kappa shape index (κ3) is 5.75. The van der Waals surface area contributed by atoms with Crippen LogP contribution >= 0.6 is 7.82 Å². The number of nitrogens with zero attached hydrogens (tertiary/aromatic N) is 1. The van der Waals surface area contributed by atoms with Gasteiger partial charge in [-0.3, -0.25) is 9.79 Å². The van der Waals surface area contributed by atoms with E-state index in [-0.39, 0.29) is 11.1 Å². The third-order valence-corrected chi connectivity index (χ3v) is 4.23. The molecule has 3 rings (SSSR count). The van der Waals surface area contributed by atoms with E-state index in [1.165, 1.54) is 6.07 Å². The summed E-state index contributed by atoms with van der Waals surface area (Å²) in [7, 11) is -3.33. The van der Waals surface area contributed by atoms with Crippen molar-refractivity contribution >= 4 is 37.0 Å². The van der Waals surface area contributed by atoms with Crippen LogP contribution in [0, 0.1) is 0 Å². The van der Waals surface area contributed by atoms with Crippen molar-refractivity contribution in [1.82, 2.24) is 9.97 Å². The molecule has 29 heavy (non-hydrogen) atoms. The van der Waals surface area contributed by atoms with Crippen LogP contribution in [0.5, 0.6) is 5.75 Å². The number of nitrogens with one attached hydrogen (secondary N) is 1. The Balaban J connectivity index is 1.76. The van der Waals surface area contributed by atoms with Crippen LogP contribution in [0.3, 0.4) is 0 Å². The lowest BCUT2D eigenvalue weighted by Crippen LogP contribution is -2.03. The van der Waals surface area contributed by atoms with Crippen molar-refractivity contribution in [3.8, 4) is 5.75 Å². The van der Waals surface area contributed by atoms with Crippen molar-refractivity contribution < 1.29 is 33.1 Å². The molecule has 0 aliphatic heterocycles. The fourth-order valence-corrected chi connectivity index (χ4v) is 2.86. The van der Waals surface area contributed by atoms with E-state index in [4.69, 9.17) is 19.3 Å². The lowest BCUT2D eigenvalue weighted by atomic mass is 10.2. The first-order chi connectivity index (χ1) is 13.9. The normalized spacial score (nSPS) is 11.8. The fourth-order valence-electron chi connectivity index (χ4n) is 2.55. The first kappa shape index (κ1) is 20.8. The predicted molar refractivity (Wildman–Crippen MR) is 106 cm³/mol. The molecule has 0 saturated heterocycles. The molecule has 0 aliphatic carbocycles. The number of aromatic amines is 1. The number of hydrogen-bond donors (Lipinski definition) is 3. The van der Waals surface area contributed by atoms with Crippen molar-refractivity contribution in [2.45, 2.75) is 0 Å². The standard InChI is InChI=1S/C19H19N2O7P/c1-26-11-12-27-14-8-5-13(6-9-14)7-10-17-20-16-4-2-3-15(18(16)21-17)19(22)28-29(23,24)25/h2-10H,11-12H2,1H3,(H,20,21)(H2,23,24,25)/b10-7+. The molecule has 0 amide bonds. The van der Waals surface area contributed by atoms with Gasteiger partial charge in [0.25, 0.3) is 0 Å². The van der Waals surface area contributed by atoms with Crippen LogP contribution in [0.4, 0.5) is 0 Å². The number of carbonyl (C=O) groups is 1. The molecule has 3 aromatic rings. The van der Waals surface area contributed by atoms with Gasteiger partial charge < -0.3 is 19.0 Å². The Morgan fingerprint density at radius 3 is 2.59 bits per heavy atom. The molecule has 0 saturated carbocycles. The number of hydrogen-bond acceptors (Lipinski definition) is 6. The van der Waals surface area contributed by atoms with Gasteiger partial charge in [0.05, 0.1) is 17.7 Å². The van der Waals surface area contributed by atoms with Gasteiger partial charge in [-0.05, 0) is 35.9 Å². The highest BCUT2D eigenvalue weighted by Crippen LogP contribution is 2.37. The van der Waals surface area contributed by atoms with Crippen LogP contribution in [0.25, 0.3) is 23.2 Å². The van der Waals surface area contributed by atoms with Gasteiger partial charge in [0, 0.05) is 7.11 Å². The molecule has 0 atom stereocenters. The van der Waals surface area contributed by atoms with Gasteiger partial charge in [-0.1, -0.05) is 24.3 Å². The Morgan fingerprint density at radius 1 is 1.14 bits per heavy atom. The van der Waals surface area contributed by atoms with Gasteiger partial charge in [0.2, 0.25) is 0 Å². The second-order valence-corrected chi connectivity index (χ2v) is 7.10. The Bertz CT molecular complexity index is 1070. The number of imidazole rings is 1. The van der Waals surface area contributed by atoms with Gasteiger partial charge in [0.15, 0.2) is 0 Å². The summed E-state index contributed by atoms with van der Waals surface area (Å²) in [6, 6.07) is 12.1. The molecule has 0 bridgehead atoms. The van der Waals surface area contributed by atoms with Crippen molar-refractivity contribution in [3.63, 3.8) is 0 Å². The molecule has 1 heterocycles. The van der Waals surface area contributed by atoms with E-state index < -0.39 is 13.8 Å². The Morgan fingerprint density at radius 2 is 1.90 bits per heavy atom. The van der Waals surface area contributed by atoms with Gasteiger partial charge in [-0.25, -0.2) is 14.3 Å². The summed E-state index contributed by atoms with van der Waals surface area (Å²) < 4.78 is 25.5. The number of ether oxygens (including phenoxy) is 2. The number of carbonyl (C=O) groups excluding carboxylic acids is 1. The largest absolute Gasteiger partial charge is 0.527 e. The van der Waals surface area contributed by atoms with E-state index in [0.29, 0.717) is 24.6 Å². The molecule has 10 heteroatoms. The van der Waals surface area contributed by atoms with E-state index in [1.807, 2.05) is 30.3 Å². The van der Waals surface area contributed by atoms with E-state index in [0.717, 1.165) is 11.3 Å². The van der Waals surface area contributed by atoms with Crippen molar-refractivity contribution in [3.05, 3.63) is 59.4 Å². The van der Waals surface area contributed by atoms with E-state index in [2.05, 4.69) is 14.5 Å². The monoisotopic (exact) mass is 418 g/mol. The Hall–Kier alpha value is -2.97. The van der Waals surface area contributed by atoms with Crippen LogP contribution in [-0.4, -0.2) is 46.0 Å². The second-order valence-electron chi connectivity index (χ2n) is 5.94. The zero-order valence-electron chi connectivity index (χ0n) is 15.4. The summed E-state index contributed by atoms with van der Waals surface area (Å²) in [5.74, 6) is 0.0584. The number of phosphoric acid groups is 1. The number of H-pyrrole nitrogens is 1. The summed E-state index contributed by atoms with van der Waals surface area (Å²) in [4.78, 5) is 37.0. The minimum absolute atomic E-state index is 0.0423. The Labute approximate surface area is 166 Å². The van der Waals surface area contributed by atoms with Crippen molar-refractivity contribution in [2.75, 3.05) is 20.3 Å². The lowest BCUT2D eigenvalue weighted by Gasteiger charge is -2.05. The zero-order chi connectivity index (χ0) is 20.9. The molecule has 9 nitrogen and oxygen atoms in total. The highest BCUT2D eigenvalue weighted by Gasteiger charge is 2.24. The summed E-state index contributed by atoms with van der Waals surface area (Å²) >= 11 is 0. The first-order valence-corrected chi connectivity index (χ1v) is 10.1. The van der Waals surface area contributed by atoms with Crippen molar-refractivity contribution in [1.29, 1.82) is 0 Å². The maximum absolute atomic E-state index is 12.0. The number of benzene rings is 2. The first-order valence-electron chi connectivity index (χ1n) is 8.54. The average molecular weight is 418 g/mol. The van der Waals surface area contributed by atoms with E-state index in [1.54, 1.807) is 25.3 Å². The van der Waals surface area contributed by atoms with Crippen LogP contribution in [0.1, 0.15) is 21.7 Å². The molecule has 3 N–H and O–H groups in total. The smallest absolute Gasteiger partial charge is 0.491 e. The van der Waals surface area contributed by atoms with Gasteiger partial charge in [-0.2, -0.15) is 0 Å². The second kappa shape index (κ2) is 9.02. The third-order valence-electron chi connectivity index (χ3n) is 3.82. The number of aromatic nitrogens is 2. The number of rotatable bonds is 8. The minimum atomic E-state index is -4.94. The number of methoxy groups -OCH3 is 1. The SMILES string of the molecule is COCCOc1ccc(/C=C/c2nc3c(C(=O)OP(=O)(O)O)cccc3[nH]2)cc1. The van der Waals surface area contributed by atoms with Gasteiger partial charge in [0.1, 0.15) is 23.7 Å². The van der Waals surface area contributed by atoms with Gasteiger partial charge in [-0.15, -0.1) is 0 Å². The summed E-state index contributed by atoms with van der Waals surface area (Å²) in [6.07, 6.45) is 3.54. The van der Waals surface area contributed by atoms with Crippen LogP contribution in [-0.2, 0) is 13.8 Å². The van der Waals surface area contributed by atoms with Crippen molar-refractivity contribution in [2.24, 2.45) is 0 Å². The molecule has 0 spiro atoms. The zero-order valence-corrected chi connectivity index (χ0v) is 16.3. The summed E-state index contributed by atoms with van der Waals surface area (Å²) in [5, 5.41) is 0. The maximum atomic E-state index is 12.0. The summed E-state index contributed by atoms with van der Waals surface area (Å²) in [6.45, 7) is 0.981. The molecule has 152 valence electrons. The predicted octanol–water partition coefficient (Wildman–Crippen LogP) is 3.01. The molecule has 0 unspecified atom stereocenters. The molecular weight excluding hydrogens is 399 g/mol. The average Bonchev–Trinajstić information content (AvgIpc) is 3.09. The molecule has 0 radical (unpaired) electrons. The fraction of sp³-hybridized carbons (Fsp3) is 0.158. The topological polar surface area (TPSA) is 131 Å². The molecule has 2 aromatic carbocycles. The number of para-hydroxylation sites is 1. The minimum Gasteiger partial charge on any atom is -0.491 e. The highest BCUT2D eigenvalue weighted by atomic mass is 31.2. The lowest BCUT2D eigenvalue weighted by molar-refractivity contribution is 0.0680. The molecule has 0 aliphatic rings.